The van der Waals surface area contributed by atoms with Crippen LogP contribution in [-0.4, -0.2) is 24.9 Å². The van der Waals surface area contributed by atoms with E-state index >= 15 is 0 Å². The Kier molecular flexibility index (Phi) is 5.50. The molecular formula is C10H11BrClNO2. The average Bonchev–Trinajstić information content (AvgIpc) is 2.26. The second-order valence-electron chi connectivity index (χ2n) is 2.79. The van der Waals surface area contributed by atoms with Crippen molar-refractivity contribution >= 4 is 33.4 Å². The number of amides is 1. The van der Waals surface area contributed by atoms with Crippen LogP contribution in [0.1, 0.15) is 0 Å². The zero-order chi connectivity index (χ0) is 11.1. The van der Waals surface area contributed by atoms with Crippen molar-refractivity contribution in [1.29, 1.82) is 0 Å². The number of halogens is 2. The van der Waals surface area contributed by atoms with Crippen molar-refractivity contribution in [3.05, 3.63) is 28.7 Å². The minimum Gasteiger partial charge on any atom is -0.492 e. The predicted molar refractivity (Wildman–Crippen MR) is 63.4 cm³/mol. The van der Waals surface area contributed by atoms with E-state index in [2.05, 4.69) is 21.2 Å². The molecule has 0 unspecified atom stereocenters. The van der Waals surface area contributed by atoms with Gasteiger partial charge in [-0.3, -0.25) is 4.79 Å². The molecule has 15 heavy (non-hydrogen) atoms. The van der Waals surface area contributed by atoms with Gasteiger partial charge in [-0.25, -0.2) is 0 Å². The minimum atomic E-state index is -0.184. The van der Waals surface area contributed by atoms with Crippen LogP contribution in [-0.2, 0) is 4.79 Å². The Hall–Kier alpha value is -0.740. The van der Waals surface area contributed by atoms with E-state index in [1.807, 2.05) is 24.3 Å². The molecule has 0 spiro atoms. The van der Waals surface area contributed by atoms with Crippen LogP contribution >= 0.6 is 27.5 Å². The lowest BCUT2D eigenvalue weighted by molar-refractivity contribution is -0.118. The zero-order valence-corrected chi connectivity index (χ0v) is 10.3. The molecule has 0 radical (unpaired) electrons. The third-order valence-corrected chi connectivity index (χ3v) is 2.40. The molecule has 0 atom stereocenters. The van der Waals surface area contributed by atoms with Crippen molar-refractivity contribution in [1.82, 2.24) is 5.32 Å². The minimum absolute atomic E-state index is 0.0156. The molecule has 1 amide bonds. The number of nitrogens with one attached hydrogen (secondary N) is 1. The zero-order valence-electron chi connectivity index (χ0n) is 8.00. The van der Waals surface area contributed by atoms with Gasteiger partial charge in [0.05, 0.1) is 6.54 Å². The third-order valence-electron chi connectivity index (χ3n) is 1.63. The summed E-state index contributed by atoms with van der Waals surface area (Å²) in [6, 6.07) is 7.50. The van der Waals surface area contributed by atoms with Crippen LogP contribution < -0.4 is 10.1 Å². The van der Waals surface area contributed by atoms with Crippen LogP contribution in [0.25, 0.3) is 0 Å². The Bertz CT molecular complexity index is 316. The van der Waals surface area contributed by atoms with Crippen LogP contribution in [0, 0.1) is 0 Å². The highest BCUT2D eigenvalue weighted by atomic mass is 79.9. The molecular weight excluding hydrogens is 281 g/mol. The molecule has 0 aliphatic heterocycles. The number of alkyl halides is 1. The Balaban J connectivity index is 2.20. The SMILES string of the molecule is O=C(CCl)NCCOc1ccc(Br)cc1. The molecule has 1 aromatic carbocycles. The second-order valence-corrected chi connectivity index (χ2v) is 3.97. The molecule has 3 nitrogen and oxygen atoms in total. The number of hydrogen-bond donors (Lipinski definition) is 1. The lowest BCUT2D eigenvalue weighted by atomic mass is 10.3. The molecule has 1 N–H and O–H groups in total. The summed E-state index contributed by atoms with van der Waals surface area (Å²) < 4.78 is 6.38. The van der Waals surface area contributed by atoms with E-state index in [9.17, 15) is 4.79 Å². The van der Waals surface area contributed by atoms with Crippen LogP contribution in [0.15, 0.2) is 28.7 Å². The molecule has 1 rings (SSSR count). The van der Waals surface area contributed by atoms with Gasteiger partial charge >= 0.3 is 0 Å². The van der Waals surface area contributed by atoms with E-state index in [0.29, 0.717) is 13.2 Å². The van der Waals surface area contributed by atoms with Gasteiger partial charge in [0.25, 0.3) is 0 Å². The van der Waals surface area contributed by atoms with E-state index in [4.69, 9.17) is 16.3 Å². The molecule has 82 valence electrons. The topological polar surface area (TPSA) is 38.3 Å². The van der Waals surface area contributed by atoms with Crippen molar-refractivity contribution in [2.24, 2.45) is 0 Å². The van der Waals surface area contributed by atoms with Gasteiger partial charge in [-0.15, -0.1) is 11.6 Å². The normalized spacial score (nSPS) is 9.73. The van der Waals surface area contributed by atoms with Gasteiger partial charge < -0.3 is 10.1 Å². The molecule has 0 saturated carbocycles. The van der Waals surface area contributed by atoms with Gasteiger partial charge in [0.1, 0.15) is 18.2 Å². The molecule has 0 fully saturated rings. The number of rotatable bonds is 5. The first-order valence-electron chi connectivity index (χ1n) is 4.43. The highest BCUT2D eigenvalue weighted by molar-refractivity contribution is 9.10. The third kappa shape index (κ3) is 5.04. The Morgan fingerprint density at radius 3 is 2.67 bits per heavy atom. The number of carbonyl (C=O) groups excluding carboxylic acids is 1. The fourth-order valence-electron chi connectivity index (χ4n) is 0.937. The van der Waals surface area contributed by atoms with Crippen molar-refractivity contribution in [3.63, 3.8) is 0 Å². The van der Waals surface area contributed by atoms with Crippen LogP contribution in [0.3, 0.4) is 0 Å². The number of benzene rings is 1. The highest BCUT2D eigenvalue weighted by Gasteiger charge is 1.97. The summed E-state index contributed by atoms with van der Waals surface area (Å²) in [6.45, 7) is 0.895. The van der Waals surface area contributed by atoms with E-state index in [1.54, 1.807) is 0 Å². The summed E-state index contributed by atoms with van der Waals surface area (Å²) in [6.07, 6.45) is 0. The average molecular weight is 293 g/mol. The summed E-state index contributed by atoms with van der Waals surface area (Å²) in [5, 5.41) is 2.61. The number of ether oxygens (including phenoxy) is 1. The standard InChI is InChI=1S/C10H11BrClNO2/c11-8-1-3-9(4-2-8)15-6-5-13-10(14)7-12/h1-4H,5-7H2,(H,13,14). The quantitative estimate of drug-likeness (QED) is 0.667. The summed E-state index contributed by atoms with van der Waals surface area (Å²) in [7, 11) is 0. The summed E-state index contributed by atoms with van der Waals surface area (Å²) >= 11 is 8.64. The van der Waals surface area contributed by atoms with Gasteiger partial charge in [-0.05, 0) is 24.3 Å². The van der Waals surface area contributed by atoms with E-state index in [1.165, 1.54) is 0 Å². The first-order chi connectivity index (χ1) is 7.22. The molecule has 0 heterocycles. The number of carbonyl (C=O) groups is 1. The first kappa shape index (κ1) is 12.3. The molecule has 0 aromatic heterocycles. The largest absolute Gasteiger partial charge is 0.492 e. The maximum absolute atomic E-state index is 10.8. The lowest BCUT2D eigenvalue weighted by Gasteiger charge is -2.06. The van der Waals surface area contributed by atoms with E-state index in [-0.39, 0.29) is 11.8 Å². The molecule has 0 aliphatic rings. The Morgan fingerprint density at radius 1 is 1.40 bits per heavy atom. The fourth-order valence-corrected chi connectivity index (χ4v) is 1.30. The first-order valence-corrected chi connectivity index (χ1v) is 5.76. The fraction of sp³-hybridized carbons (Fsp3) is 0.300. The highest BCUT2D eigenvalue weighted by Crippen LogP contribution is 2.15. The molecule has 1 aromatic rings. The maximum Gasteiger partial charge on any atom is 0.235 e. The monoisotopic (exact) mass is 291 g/mol. The van der Waals surface area contributed by atoms with Gasteiger partial charge in [0.2, 0.25) is 5.91 Å². The van der Waals surface area contributed by atoms with Crippen molar-refractivity contribution < 1.29 is 9.53 Å². The van der Waals surface area contributed by atoms with Gasteiger partial charge in [-0.1, -0.05) is 15.9 Å². The number of hydrogen-bond acceptors (Lipinski definition) is 2. The van der Waals surface area contributed by atoms with Crippen LogP contribution in [0.4, 0.5) is 0 Å². The predicted octanol–water partition coefficient (Wildman–Crippen LogP) is 2.18. The van der Waals surface area contributed by atoms with Gasteiger partial charge in [0, 0.05) is 4.47 Å². The Labute approximate surface area is 102 Å². The molecule has 0 bridgehead atoms. The van der Waals surface area contributed by atoms with Crippen LogP contribution in [0.5, 0.6) is 5.75 Å². The second kappa shape index (κ2) is 6.69. The molecule has 0 saturated heterocycles. The van der Waals surface area contributed by atoms with Crippen LogP contribution in [0.2, 0.25) is 0 Å². The van der Waals surface area contributed by atoms with E-state index in [0.717, 1.165) is 10.2 Å². The van der Waals surface area contributed by atoms with E-state index < -0.39 is 0 Å². The summed E-state index contributed by atoms with van der Waals surface area (Å²) in [4.78, 5) is 10.8. The van der Waals surface area contributed by atoms with Gasteiger partial charge in [0.15, 0.2) is 0 Å². The van der Waals surface area contributed by atoms with Crippen molar-refractivity contribution in [3.8, 4) is 5.75 Å². The maximum atomic E-state index is 10.8. The Morgan fingerprint density at radius 2 is 2.07 bits per heavy atom. The van der Waals surface area contributed by atoms with Crippen molar-refractivity contribution in [2.75, 3.05) is 19.0 Å². The smallest absolute Gasteiger partial charge is 0.235 e. The summed E-state index contributed by atoms with van der Waals surface area (Å²) in [5.41, 5.74) is 0. The lowest BCUT2D eigenvalue weighted by Crippen LogP contribution is -2.28. The van der Waals surface area contributed by atoms with Crippen molar-refractivity contribution in [2.45, 2.75) is 0 Å². The molecule has 0 aliphatic carbocycles. The summed E-state index contributed by atoms with van der Waals surface area (Å²) in [5.74, 6) is 0.576. The van der Waals surface area contributed by atoms with Gasteiger partial charge in [-0.2, -0.15) is 0 Å². The molecule has 5 heteroatoms.